The normalized spacial score (nSPS) is 29.6. The van der Waals surface area contributed by atoms with Crippen LogP contribution in [0, 0.1) is 23.2 Å². The number of hydrogen-bond acceptors (Lipinski definition) is 8. The molecule has 10 nitrogen and oxygen atoms in total. The maximum Gasteiger partial charge on any atom is 0.309 e. The highest BCUT2D eigenvalue weighted by Crippen LogP contribution is 2.71. The van der Waals surface area contributed by atoms with Crippen molar-refractivity contribution in [2.45, 2.75) is 70.9 Å². The molecule has 0 aromatic heterocycles. The van der Waals surface area contributed by atoms with E-state index in [4.69, 9.17) is 23.7 Å². The number of carbonyl (C=O) groups excluding carboxylic acids is 1. The van der Waals surface area contributed by atoms with Crippen molar-refractivity contribution < 1.29 is 38.4 Å². The first-order chi connectivity index (χ1) is 21.6. The number of aliphatic carboxylic acids is 1. The number of rotatable bonds is 12. The molecule has 45 heavy (non-hydrogen) atoms. The molecular weight excluding hydrogens is 576 g/mol. The van der Waals surface area contributed by atoms with Crippen LogP contribution in [0.1, 0.15) is 76.5 Å². The molecule has 2 aromatic rings. The van der Waals surface area contributed by atoms with Gasteiger partial charge in [-0.25, -0.2) is 0 Å². The Hall–Kier alpha value is -3.50. The number of amides is 1. The fourth-order valence-electron chi connectivity index (χ4n) is 8.30. The summed E-state index contributed by atoms with van der Waals surface area (Å²) in [5.41, 5.74) is 1.37. The minimum atomic E-state index is -0.949. The molecule has 6 atom stereocenters. The monoisotopic (exact) mass is 622 g/mol. The van der Waals surface area contributed by atoms with E-state index in [0.29, 0.717) is 53.5 Å². The zero-order chi connectivity index (χ0) is 31.9. The van der Waals surface area contributed by atoms with Gasteiger partial charge in [-0.1, -0.05) is 46.2 Å². The molecule has 6 rings (SSSR count). The smallest absolute Gasteiger partial charge is 0.309 e. The number of methoxy groups -OCH3 is 1. The third-order valence-electron chi connectivity index (χ3n) is 10.7. The average molecular weight is 623 g/mol. The number of carboxylic acid groups (broad SMARTS) is 1. The van der Waals surface area contributed by atoms with Gasteiger partial charge in [-0.15, -0.1) is 0 Å². The number of nitrogens with zero attached hydrogens (tertiary/aromatic N) is 1. The third kappa shape index (κ3) is 5.71. The summed E-state index contributed by atoms with van der Waals surface area (Å²) in [6, 6.07) is 10.4. The summed E-state index contributed by atoms with van der Waals surface area (Å²) in [7, 11) is 1.59. The third-order valence-corrected chi connectivity index (χ3v) is 10.7. The van der Waals surface area contributed by atoms with Gasteiger partial charge in [0.25, 0.3) is 0 Å². The molecule has 0 bridgehead atoms. The topological polar surface area (TPSA) is 116 Å². The van der Waals surface area contributed by atoms with E-state index in [0.717, 1.165) is 24.8 Å². The lowest BCUT2D eigenvalue weighted by atomic mass is 9.82. The Balaban J connectivity index is 1.32. The second-order valence-corrected chi connectivity index (χ2v) is 13.7. The van der Waals surface area contributed by atoms with Crippen LogP contribution in [0.4, 0.5) is 0 Å². The Morgan fingerprint density at radius 3 is 2.67 bits per heavy atom. The maximum atomic E-state index is 13.1. The molecule has 2 aromatic carbocycles. The molecule has 2 heterocycles. The minimum Gasteiger partial charge on any atom is -0.497 e. The second-order valence-electron chi connectivity index (χ2n) is 13.7. The second kappa shape index (κ2) is 12.4. The number of carboxylic acids is 1. The van der Waals surface area contributed by atoms with E-state index in [-0.39, 0.29) is 37.1 Å². The lowest BCUT2D eigenvalue weighted by molar-refractivity contribution is -0.143. The zero-order valence-electron chi connectivity index (χ0n) is 27.0. The van der Waals surface area contributed by atoms with E-state index in [1.165, 1.54) is 6.42 Å². The maximum absolute atomic E-state index is 13.1. The van der Waals surface area contributed by atoms with Crippen LogP contribution in [0.15, 0.2) is 36.4 Å². The van der Waals surface area contributed by atoms with Gasteiger partial charge in [-0.2, -0.15) is 0 Å². The van der Waals surface area contributed by atoms with Crippen molar-refractivity contribution in [2.75, 3.05) is 40.3 Å². The largest absolute Gasteiger partial charge is 0.497 e. The lowest BCUT2D eigenvalue weighted by Crippen LogP contribution is -2.38. The van der Waals surface area contributed by atoms with Crippen LogP contribution >= 0.6 is 0 Å². The molecule has 2 unspecified atom stereocenters. The van der Waals surface area contributed by atoms with E-state index in [9.17, 15) is 14.7 Å². The summed E-state index contributed by atoms with van der Waals surface area (Å²) >= 11 is 0. The van der Waals surface area contributed by atoms with Crippen molar-refractivity contribution in [2.24, 2.45) is 23.2 Å². The SMILES string of the molecule is CCCNC(=O)CN1CC(c2ccc3c(c2)OCO3)[C@H](C(=O)O)[C@H]1c1ccc(OC)cc1OCO[C@@]12CC(C)CC[C@H]1C2(C)C. The summed E-state index contributed by atoms with van der Waals surface area (Å²) in [6.07, 6.45) is 4.17. The Morgan fingerprint density at radius 1 is 1.11 bits per heavy atom. The molecule has 1 amide bonds. The number of carbonyl (C=O) groups is 2. The first-order valence-electron chi connectivity index (χ1n) is 16.2. The Labute approximate surface area is 265 Å². The van der Waals surface area contributed by atoms with E-state index < -0.39 is 23.8 Å². The van der Waals surface area contributed by atoms with Crippen LogP contribution in [0.3, 0.4) is 0 Å². The molecular formula is C35H46N2O8. The van der Waals surface area contributed by atoms with Gasteiger partial charge in [-0.05, 0) is 60.3 Å². The number of hydrogen-bond donors (Lipinski definition) is 2. The highest BCUT2D eigenvalue weighted by molar-refractivity contribution is 5.79. The van der Waals surface area contributed by atoms with E-state index in [1.54, 1.807) is 13.2 Å². The fourth-order valence-corrected chi connectivity index (χ4v) is 8.30. The molecule has 244 valence electrons. The molecule has 2 aliphatic heterocycles. The van der Waals surface area contributed by atoms with Gasteiger partial charge in [0.1, 0.15) is 11.5 Å². The predicted molar refractivity (Wildman–Crippen MR) is 167 cm³/mol. The van der Waals surface area contributed by atoms with Crippen LogP contribution in [-0.2, 0) is 14.3 Å². The van der Waals surface area contributed by atoms with E-state index >= 15 is 0 Å². The molecule has 4 aliphatic rings. The number of nitrogens with one attached hydrogen (secondary N) is 1. The summed E-state index contributed by atoms with van der Waals surface area (Å²) in [4.78, 5) is 28.2. The molecule has 2 saturated carbocycles. The molecule has 3 fully saturated rings. The molecule has 1 saturated heterocycles. The number of ether oxygens (including phenoxy) is 5. The summed E-state index contributed by atoms with van der Waals surface area (Å²) in [5.74, 6) is 1.02. The van der Waals surface area contributed by atoms with Gasteiger partial charge in [0.05, 0.1) is 31.2 Å². The Morgan fingerprint density at radius 2 is 1.91 bits per heavy atom. The van der Waals surface area contributed by atoms with Crippen LogP contribution in [0.5, 0.6) is 23.0 Å². The molecule has 0 radical (unpaired) electrons. The van der Waals surface area contributed by atoms with Crippen LogP contribution in [0.2, 0.25) is 0 Å². The highest BCUT2D eigenvalue weighted by Gasteiger charge is 2.73. The minimum absolute atomic E-state index is 0.0415. The average Bonchev–Trinajstić information content (AvgIpc) is 3.39. The Kier molecular flexibility index (Phi) is 8.65. The van der Waals surface area contributed by atoms with Gasteiger partial charge in [0.2, 0.25) is 12.7 Å². The highest BCUT2D eigenvalue weighted by atomic mass is 16.7. The molecule has 10 heteroatoms. The van der Waals surface area contributed by atoms with Crippen molar-refractivity contribution in [3.05, 3.63) is 47.5 Å². The molecule has 2 N–H and O–H groups in total. The zero-order valence-corrected chi connectivity index (χ0v) is 27.0. The fraction of sp³-hybridized carbons (Fsp3) is 0.600. The molecule has 0 spiro atoms. The summed E-state index contributed by atoms with van der Waals surface area (Å²) < 4.78 is 29.7. The van der Waals surface area contributed by atoms with Crippen LogP contribution < -0.4 is 24.3 Å². The Bertz CT molecular complexity index is 1430. The van der Waals surface area contributed by atoms with Gasteiger partial charge < -0.3 is 34.1 Å². The van der Waals surface area contributed by atoms with Crippen LogP contribution in [-0.4, -0.2) is 67.8 Å². The van der Waals surface area contributed by atoms with Gasteiger partial charge >= 0.3 is 5.97 Å². The number of fused-ring (bicyclic) bond motifs is 2. The van der Waals surface area contributed by atoms with Crippen LogP contribution in [0.25, 0.3) is 0 Å². The predicted octanol–water partition coefficient (Wildman–Crippen LogP) is 5.36. The lowest BCUT2D eigenvalue weighted by Gasteiger charge is -2.30. The van der Waals surface area contributed by atoms with Crippen molar-refractivity contribution >= 4 is 11.9 Å². The first kappa shape index (κ1) is 31.5. The van der Waals surface area contributed by atoms with Crippen molar-refractivity contribution in [3.63, 3.8) is 0 Å². The van der Waals surface area contributed by atoms with E-state index in [1.807, 2.05) is 42.2 Å². The van der Waals surface area contributed by atoms with Crippen molar-refractivity contribution in [3.8, 4) is 23.0 Å². The van der Waals surface area contributed by atoms with Gasteiger partial charge in [-0.3, -0.25) is 14.5 Å². The first-order valence-corrected chi connectivity index (χ1v) is 16.2. The summed E-state index contributed by atoms with van der Waals surface area (Å²) in [5, 5.41) is 13.7. The molecule has 2 aliphatic carbocycles. The van der Waals surface area contributed by atoms with E-state index in [2.05, 4.69) is 26.1 Å². The van der Waals surface area contributed by atoms with Gasteiger partial charge in [0.15, 0.2) is 18.3 Å². The van der Waals surface area contributed by atoms with Crippen molar-refractivity contribution in [1.29, 1.82) is 0 Å². The standard InChI is InChI=1S/C35H46N2O8/c1-6-13-36-30(38)18-37-17-25(22-8-11-26-28(14-22)43-19-42-26)31(33(39)40)32(37)24-10-9-23(41-5)15-27(24)44-20-45-35-16-21(2)7-12-29(35)34(35,3)4/h8-11,14-15,21,25,29,31-32H,6-7,12-13,16-20H2,1-5H3,(H,36,38)(H,39,40)/t21?,25?,29-,31-,32+,35-/m0/s1. The van der Waals surface area contributed by atoms with Gasteiger partial charge in [0, 0.05) is 30.6 Å². The summed E-state index contributed by atoms with van der Waals surface area (Å²) in [6.45, 7) is 9.97. The number of benzene rings is 2. The number of likely N-dealkylation sites (tertiary alicyclic amines) is 1. The quantitative estimate of drug-likeness (QED) is 0.302. The van der Waals surface area contributed by atoms with Crippen molar-refractivity contribution in [1.82, 2.24) is 10.2 Å².